The Kier molecular flexibility index (Phi) is 9.77. The van der Waals surface area contributed by atoms with Crippen LogP contribution in [0, 0.1) is 5.41 Å². The van der Waals surface area contributed by atoms with Crippen LogP contribution in [-0.2, 0) is 22.4 Å². The molecule has 2 aromatic carbocycles. The first-order valence-corrected chi connectivity index (χ1v) is 14.3. The lowest BCUT2D eigenvalue weighted by atomic mass is 9.65. The average molecular weight is 523 g/mol. The number of hydrogen-bond donors (Lipinski definition) is 3. The highest BCUT2D eigenvalue weighted by Gasteiger charge is 2.57. The third-order valence-electron chi connectivity index (χ3n) is 9.23. The van der Waals surface area contributed by atoms with Gasteiger partial charge in [-0.1, -0.05) is 94.8 Å². The van der Waals surface area contributed by atoms with Crippen LogP contribution in [0.2, 0.25) is 0 Å². The molecule has 0 bridgehead atoms. The summed E-state index contributed by atoms with van der Waals surface area (Å²) in [6.45, 7) is 7.70. The number of nitrogens with zero attached hydrogens (tertiary/aromatic N) is 1. The lowest BCUT2D eigenvalue weighted by molar-refractivity contribution is -0.176. The molecule has 2 aromatic rings. The van der Waals surface area contributed by atoms with Gasteiger partial charge in [-0.25, -0.2) is 0 Å². The lowest BCUT2D eigenvalue weighted by Gasteiger charge is -2.54. The molecule has 1 aliphatic rings. The van der Waals surface area contributed by atoms with E-state index < -0.39 is 34.6 Å². The number of nitrogens with two attached hydrogens (primary N) is 1. The Bertz CT molecular complexity index is 980. The van der Waals surface area contributed by atoms with Gasteiger partial charge in [0.25, 0.3) is 0 Å². The van der Waals surface area contributed by atoms with Crippen molar-refractivity contribution < 1.29 is 19.8 Å². The summed E-state index contributed by atoms with van der Waals surface area (Å²) in [7, 11) is 0. The van der Waals surface area contributed by atoms with E-state index in [4.69, 9.17) is 5.73 Å². The van der Waals surface area contributed by atoms with E-state index in [1.54, 1.807) is 4.90 Å². The molecule has 2 amide bonds. The molecule has 2 atom stereocenters. The topological polar surface area (TPSA) is 104 Å². The quantitative estimate of drug-likeness (QED) is 0.310. The maximum Gasteiger partial charge on any atom is 0.238 e. The fraction of sp³-hybridized carbons (Fsp3) is 0.562. The molecular weight excluding hydrogens is 476 g/mol. The number of benzene rings is 2. The molecule has 38 heavy (non-hydrogen) atoms. The second-order valence-electron chi connectivity index (χ2n) is 11.0. The molecule has 0 heterocycles. The number of aliphatic hydroxyl groups is 2. The first kappa shape index (κ1) is 29.9. The second-order valence-corrected chi connectivity index (χ2v) is 11.0. The van der Waals surface area contributed by atoms with E-state index in [1.807, 2.05) is 88.4 Å². The smallest absolute Gasteiger partial charge is 0.238 e. The molecule has 6 nitrogen and oxygen atoms in total. The molecule has 0 saturated heterocycles. The SMILES string of the molecule is CCC(O)(CC)C(Cc1ccccc1)N(C(=O)C1(C(N)=O)CCC1)C(Cc1ccccc1)C(O)(CC)CC. The van der Waals surface area contributed by atoms with Crippen molar-refractivity contribution in [3.63, 3.8) is 0 Å². The third-order valence-corrected chi connectivity index (χ3v) is 9.23. The highest BCUT2D eigenvalue weighted by Crippen LogP contribution is 2.46. The summed E-state index contributed by atoms with van der Waals surface area (Å²) in [6.07, 6.45) is 4.00. The number of hydrogen-bond acceptors (Lipinski definition) is 4. The van der Waals surface area contributed by atoms with Gasteiger partial charge in [0, 0.05) is 0 Å². The zero-order valence-electron chi connectivity index (χ0n) is 23.5. The van der Waals surface area contributed by atoms with Crippen molar-refractivity contribution in [1.29, 1.82) is 0 Å². The molecule has 0 aliphatic heterocycles. The zero-order chi connectivity index (χ0) is 28.0. The van der Waals surface area contributed by atoms with Crippen molar-refractivity contribution in [2.24, 2.45) is 11.1 Å². The monoisotopic (exact) mass is 522 g/mol. The Hall–Kier alpha value is -2.70. The number of rotatable bonds is 14. The van der Waals surface area contributed by atoms with Crippen LogP contribution >= 0.6 is 0 Å². The minimum atomic E-state index is -1.31. The molecule has 0 radical (unpaired) electrons. The Morgan fingerprint density at radius 2 is 1.16 bits per heavy atom. The van der Waals surface area contributed by atoms with Gasteiger partial charge in [-0.2, -0.15) is 0 Å². The Morgan fingerprint density at radius 1 is 0.789 bits per heavy atom. The Morgan fingerprint density at radius 3 is 1.42 bits per heavy atom. The van der Waals surface area contributed by atoms with E-state index in [9.17, 15) is 19.8 Å². The lowest BCUT2D eigenvalue weighted by Crippen LogP contribution is -2.69. The van der Waals surface area contributed by atoms with Crippen molar-refractivity contribution in [1.82, 2.24) is 4.90 Å². The molecule has 208 valence electrons. The van der Waals surface area contributed by atoms with Crippen LogP contribution in [0.3, 0.4) is 0 Å². The predicted octanol–water partition coefficient (Wildman–Crippen LogP) is 4.80. The summed E-state index contributed by atoms with van der Waals surface area (Å²) >= 11 is 0. The molecule has 0 spiro atoms. The van der Waals surface area contributed by atoms with Crippen molar-refractivity contribution in [2.75, 3.05) is 0 Å². The summed E-state index contributed by atoms with van der Waals surface area (Å²) in [5.74, 6) is -0.984. The Balaban J connectivity index is 2.28. The molecule has 1 fully saturated rings. The summed E-state index contributed by atoms with van der Waals surface area (Å²) in [6, 6.07) is 18.3. The van der Waals surface area contributed by atoms with Crippen molar-refractivity contribution >= 4 is 11.8 Å². The highest BCUT2D eigenvalue weighted by molar-refractivity contribution is 6.05. The van der Waals surface area contributed by atoms with Gasteiger partial charge < -0.3 is 20.8 Å². The van der Waals surface area contributed by atoms with Crippen LogP contribution in [0.1, 0.15) is 83.8 Å². The molecule has 4 N–H and O–H groups in total. The first-order chi connectivity index (χ1) is 18.1. The van der Waals surface area contributed by atoms with Gasteiger partial charge in [-0.3, -0.25) is 9.59 Å². The minimum absolute atomic E-state index is 0.362. The highest BCUT2D eigenvalue weighted by atomic mass is 16.3. The maximum absolute atomic E-state index is 14.7. The van der Waals surface area contributed by atoms with Crippen LogP contribution in [0.25, 0.3) is 0 Å². The summed E-state index contributed by atoms with van der Waals surface area (Å²) in [4.78, 5) is 29.3. The number of carbonyl (C=O) groups excluding carboxylic acids is 2. The summed E-state index contributed by atoms with van der Waals surface area (Å²) in [5.41, 5.74) is 4.10. The summed E-state index contributed by atoms with van der Waals surface area (Å²) in [5, 5.41) is 24.2. The molecule has 1 aliphatic carbocycles. The van der Waals surface area contributed by atoms with Crippen LogP contribution in [0.15, 0.2) is 60.7 Å². The van der Waals surface area contributed by atoms with Crippen LogP contribution in [0.5, 0.6) is 0 Å². The third kappa shape index (κ3) is 5.81. The molecule has 0 aromatic heterocycles. The van der Waals surface area contributed by atoms with E-state index in [0.717, 1.165) is 17.5 Å². The van der Waals surface area contributed by atoms with Gasteiger partial charge in [-0.15, -0.1) is 0 Å². The van der Waals surface area contributed by atoms with Crippen molar-refractivity contribution in [3.05, 3.63) is 71.8 Å². The van der Waals surface area contributed by atoms with Crippen LogP contribution < -0.4 is 5.73 Å². The van der Waals surface area contributed by atoms with Crippen molar-refractivity contribution in [3.8, 4) is 0 Å². The van der Waals surface area contributed by atoms with E-state index in [1.165, 1.54) is 0 Å². The molecular formula is C32H46N2O4. The first-order valence-electron chi connectivity index (χ1n) is 14.3. The largest absolute Gasteiger partial charge is 0.388 e. The molecule has 6 heteroatoms. The summed E-state index contributed by atoms with van der Waals surface area (Å²) < 4.78 is 0. The number of primary amides is 1. The van der Waals surface area contributed by atoms with E-state index in [-0.39, 0.29) is 5.91 Å². The van der Waals surface area contributed by atoms with Gasteiger partial charge in [-0.05, 0) is 62.5 Å². The standard InChI is InChI=1S/C32H46N2O4/c1-5-31(37,6-2)26(22-24-16-11-9-12-17-24)34(29(36)30(28(33)35)20-15-21-30)27(32(38,7-3)8-4)23-25-18-13-10-14-19-25/h9-14,16-19,26-27,37-38H,5-8,15,20-23H2,1-4H3,(H2,33,35). The van der Waals surface area contributed by atoms with Gasteiger partial charge in [0.2, 0.25) is 11.8 Å². The van der Waals surface area contributed by atoms with Crippen LogP contribution in [0.4, 0.5) is 0 Å². The van der Waals surface area contributed by atoms with Gasteiger partial charge >= 0.3 is 0 Å². The fourth-order valence-corrected chi connectivity index (χ4v) is 6.06. The normalized spacial score (nSPS) is 16.8. The second kappa shape index (κ2) is 12.4. The molecule has 2 unspecified atom stereocenters. The van der Waals surface area contributed by atoms with Gasteiger partial charge in [0.05, 0.1) is 23.3 Å². The van der Waals surface area contributed by atoms with Gasteiger partial charge in [0.1, 0.15) is 5.41 Å². The van der Waals surface area contributed by atoms with E-state index in [0.29, 0.717) is 51.4 Å². The average Bonchev–Trinajstić information content (AvgIpc) is 2.91. The Labute approximate surface area is 228 Å². The number of carbonyl (C=O) groups is 2. The van der Waals surface area contributed by atoms with Crippen molar-refractivity contribution in [2.45, 2.75) is 109 Å². The van der Waals surface area contributed by atoms with Crippen LogP contribution in [-0.4, -0.2) is 50.2 Å². The molecule has 3 rings (SSSR count). The fourth-order valence-electron chi connectivity index (χ4n) is 6.06. The van der Waals surface area contributed by atoms with E-state index >= 15 is 0 Å². The minimum Gasteiger partial charge on any atom is -0.388 e. The zero-order valence-corrected chi connectivity index (χ0v) is 23.5. The predicted molar refractivity (Wildman–Crippen MR) is 151 cm³/mol. The van der Waals surface area contributed by atoms with Gasteiger partial charge in [0.15, 0.2) is 0 Å². The number of amides is 2. The van der Waals surface area contributed by atoms with E-state index in [2.05, 4.69) is 0 Å². The molecule has 1 saturated carbocycles. The maximum atomic E-state index is 14.7.